The second-order valence-corrected chi connectivity index (χ2v) is 14.2. The summed E-state index contributed by atoms with van der Waals surface area (Å²) >= 11 is 0. The monoisotopic (exact) mass is 724 g/mol. The van der Waals surface area contributed by atoms with Crippen molar-refractivity contribution in [2.45, 2.75) is 13.1 Å². The highest BCUT2D eigenvalue weighted by Crippen LogP contribution is 2.21. The molecule has 266 valence electrons. The fourth-order valence-corrected chi connectivity index (χ4v) is 7.73. The molecular formula is C50H40N6+4. The molecule has 0 unspecified atom stereocenters. The predicted octanol–water partition coefficient (Wildman–Crippen LogP) is 8.47. The van der Waals surface area contributed by atoms with Crippen molar-refractivity contribution < 1.29 is 18.3 Å². The number of benzene rings is 6. The van der Waals surface area contributed by atoms with E-state index >= 15 is 0 Å². The highest BCUT2D eigenvalue weighted by Gasteiger charge is 2.20. The Morgan fingerprint density at radius 2 is 0.696 bits per heavy atom. The third-order valence-corrected chi connectivity index (χ3v) is 10.6. The standard InChI is InChI=1S/C50H40N6/c1-3-11-39(12-4-1)35-53-37-55(49-17-9-7-15-47(49)53)45-23-19-43(20-24-45)51-31-27-41(28-32-51)42-29-33-52(34-30-42)44-21-25-46(26-22-44)56-38-54(36-40-13-5-2-6-14-40)48-16-8-10-18-50(48)56/h1-34,37-38H,35-36H2/q+4. The molecule has 10 rings (SSSR count). The summed E-state index contributed by atoms with van der Waals surface area (Å²) in [6.07, 6.45) is 13.0. The molecule has 6 aromatic carbocycles. The van der Waals surface area contributed by atoms with Crippen LogP contribution in [0.15, 0.2) is 219 Å². The van der Waals surface area contributed by atoms with Crippen molar-refractivity contribution in [3.63, 3.8) is 0 Å². The van der Waals surface area contributed by atoms with E-state index in [-0.39, 0.29) is 0 Å². The number of rotatable bonds is 9. The van der Waals surface area contributed by atoms with Crippen molar-refractivity contribution in [1.82, 2.24) is 9.13 Å². The molecule has 0 amide bonds. The lowest BCUT2D eigenvalue weighted by Gasteiger charge is -2.03. The summed E-state index contributed by atoms with van der Waals surface area (Å²) < 4.78 is 13.5. The topological polar surface area (TPSA) is 25.4 Å². The Kier molecular flexibility index (Phi) is 8.54. The van der Waals surface area contributed by atoms with Gasteiger partial charge in [0.05, 0.1) is 0 Å². The molecule has 0 spiro atoms. The van der Waals surface area contributed by atoms with Crippen molar-refractivity contribution in [3.05, 3.63) is 231 Å². The summed E-state index contributed by atoms with van der Waals surface area (Å²) in [6, 6.07) is 64.7. The highest BCUT2D eigenvalue weighted by molar-refractivity contribution is 5.75. The van der Waals surface area contributed by atoms with Crippen LogP contribution in [-0.2, 0) is 13.1 Å². The molecule has 0 radical (unpaired) electrons. The van der Waals surface area contributed by atoms with E-state index in [4.69, 9.17) is 0 Å². The molecule has 4 heterocycles. The number of nitrogens with zero attached hydrogens (tertiary/aromatic N) is 6. The van der Waals surface area contributed by atoms with Crippen LogP contribution in [0.25, 0.3) is 55.9 Å². The fraction of sp³-hybridized carbons (Fsp3) is 0.0400. The fourth-order valence-electron chi connectivity index (χ4n) is 7.73. The predicted molar refractivity (Wildman–Crippen MR) is 220 cm³/mol. The largest absolute Gasteiger partial charge is 0.250 e. The molecular weight excluding hydrogens is 685 g/mol. The lowest BCUT2D eigenvalue weighted by atomic mass is 10.1. The number of para-hydroxylation sites is 4. The van der Waals surface area contributed by atoms with Crippen LogP contribution in [0.1, 0.15) is 11.1 Å². The number of hydrogen-bond donors (Lipinski definition) is 0. The molecule has 0 fully saturated rings. The third kappa shape index (κ3) is 6.43. The van der Waals surface area contributed by atoms with E-state index in [1.54, 1.807) is 0 Å². The van der Waals surface area contributed by atoms with E-state index in [0.717, 1.165) is 35.8 Å². The SMILES string of the molecule is c1ccc(C[n+]2cn(-c3ccc(-[n+]4ccc(-c5cc[n+](-c6ccc(-n7c[n+](Cc8ccccc8)c8ccccc87)cc6)cc5)cc4)cc3)c3ccccc32)cc1. The van der Waals surface area contributed by atoms with Gasteiger partial charge in [-0.1, -0.05) is 84.9 Å². The Morgan fingerprint density at radius 3 is 1.09 bits per heavy atom. The van der Waals surface area contributed by atoms with Crippen LogP contribution in [-0.4, -0.2) is 9.13 Å². The maximum Gasteiger partial charge on any atom is 0.250 e. The van der Waals surface area contributed by atoms with Gasteiger partial charge in [0.25, 0.3) is 0 Å². The maximum absolute atomic E-state index is 2.32. The highest BCUT2D eigenvalue weighted by atomic mass is 15.1. The molecule has 6 heteroatoms. The Hall–Kier alpha value is -7.44. The van der Waals surface area contributed by atoms with Gasteiger partial charge in [0.2, 0.25) is 24.0 Å². The molecule has 0 saturated heterocycles. The van der Waals surface area contributed by atoms with Crippen LogP contribution in [0, 0.1) is 0 Å². The minimum absolute atomic E-state index is 0.825. The van der Waals surface area contributed by atoms with Crippen molar-refractivity contribution in [1.29, 1.82) is 0 Å². The Bertz CT molecular complexity index is 2710. The smallest absolute Gasteiger partial charge is 0.225 e. The lowest BCUT2D eigenvalue weighted by molar-refractivity contribution is -0.663. The molecule has 4 aromatic heterocycles. The van der Waals surface area contributed by atoms with E-state index in [1.165, 1.54) is 44.3 Å². The van der Waals surface area contributed by atoms with Crippen LogP contribution in [0.3, 0.4) is 0 Å². The lowest BCUT2D eigenvalue weighted by Crippen LogP contribution is -2.32. The van der Waals surface area contributed by atoms with Crippen LogP contribution in [0.5, 0.6) is 0 Å². The van der Waals surface area contributed by atoms with Gasteiger partial charge in [0.1, 0.15) is 24.5 Å². The van der Waals surface area contributed by atoms with Gasteiger partial charge in [0, 0.05) is 48.5 Å². The zero-order chi connectivity index (χ0) is 37.3. The van der Waals surface area contributed by atoms with Gasteiger partial charge < -0.3 is 0 Å². The van der Waals surface area contributed by atoms with Crippen molar-refractivity contribution in [2.75, 3.05) is 0 Å². The first-order valence-electron chi connectivity index (χ1n) is 19.1. The van der Waals surface area contributed by atoms with Crippen LogP contribution < -0.4 is 18.3 Å². The zero-order valence-corrected chi connectivity index (χ0v) is 30.9. The average molecular weight is 725 g/mol. The second kappa shape index (κ2) is 14.4. The summed E-state index contributed by atoms with van der Waals surface area (Å²) in [5.74, 6) is 0. The first-order chi connectivity index (χ1) is 27.7. The first-order valence-corrected chi connectivity index (χ1v) is 19.1. The summed E-state index contributed by atoms with van der Waals surface area (Å²) in [6.45, 7) is 1.65. The number of imidazole rings is 2. The van der Waals surface area contributed by atoms with Crippen LogP contribution in [0.4, 0.5) is 0 Å². The van der Waals surface area contributed by atoms with E-state index in [2.05, 4.69) is 247 Å². The van der Waals surface area contributed by atoms with Crippen molar-refractivity contribution in [2.24, 2.45) is 0 Å². The average Bonchev–Trinajstić information content (AvgIpc) is 3.83. The molecule has 0 aliphatic heterocycles. The summed E-state index contributed by atoms with van der Waals surface area (Å²) in [5, 5.41) is 0. The molecule has 0 aliphatic rings. The van der Waals surface area contributed by atoms with Gasteiger partial charge in [-0.2, -0.15) is 18.3 Å². The number of fused-ring (bicyclic) bond motifs is 2. The van der Waals surface area contributed by atoms with Gasteiger partial charge in [-0.05, 0) is 70.8 Å². The van der Waals surface area contributed by atoms with E-state index in [1.807, 2.05) is 0 Å². The minimum atomic E-state index is 0.825. The Morgan fingerprint density at radius 1 is 0.339 bits per heavy atom. The van der Waals surface area contributed by atoms with Gasteiger partial charge in [-0.3, -0.25) is 0 Å². The molecule has 6 nitrogen and oxygen atoms in total. The van der Waals surface area contributed by atoms with E-state index < -0.39 is 0 Å². The van der Waals surface area contributed by atoms with Gasteiger partial charge in [-0.15, -0.1) is 0 Å². The normalized spacial score (nSPS) is 11.4. The molecule has 0 bridgehead atoms. The van der Waals surface area contributed by atoms with Gasteiger partial charge in [0.15, 0.2) is 46.9 Å². The van der Waals surface area contributed by atoms with Gasteiger partial charge in [-0.25, -0.2) is 9.13 Å². The molecule has 56 heavy (non-hydrogen) atoms. The quantitative estimate of drug-likeness (QED) is 0.134. The summed E-state index contributed by atoms with van der Waals surface area (Å²) in [5.41, 5.74) is 14.2. The Balaban J connectivity index is 0.842. The summed E-state index contributed by atoms with van der Waals surface area (Å²) in [7, 11) is 0. The maximum atomic E-state index is 2.32. The third-order valence-electron chi connectivity index (χ3n) is 10.6. The number of hydrogen-bond acceptors (Lipinski definition) is 0. The van der Waals surface area contributed by atoms with Crippen molar-refractivity contribution in [3.8, 4) is 33.9 Å². The zero-order valence-electron chi connectivity index (χ0n) is 30.9. The van der Waals surface area contributed by atoms with Crippen LogP contribution >= 0.6 is 0 Å². The van der Waals surface area contributed by atoms with E-state index in [9.17, 15) is 0 Å². The van der Waals surface area contributed by atoms with E-state index in [0.29, 0.717) is 0 Å². The van der Waals surface area contributed by atoms with Gasteiger partial charge >= 0.3 is 0 Å². The van der Waals surface area contributed by atoms with Crippen LogP contribution in [0.2, 0.25) is 0 Å². The van der Waals surface area contributed by atoms with Crippen molar-refractivity contribution >= 4 is 22.1 Å². The Labute approximate surface area is 325 Å². The number of pyridine rings is 2. The minimum Gasteiger partial charge on any atom is -0.225 e. The number of aromatic nitrogens is 6. The molecule has 10 aromatic rings. The molecule has 0 atom stereocenters. The second-order valence-electron chi connectivity index (χ2n) is 14.2. The molecule has 0 N–H and O–H groups in total. The summed E-state index contributed by atoms with van der Waals surface area (Å²) in [4.78, 5) is 0. The first kappa shape index (κ1) is 33.2. The molecule has 0 aliphatic carbocycles. The molecule has 0 saturated carbocycles.